The summed E-state index contributed by atoms with van der Waals surface area (Å²) in [6.45, 7) is 1.59. The highest BCUT2D eigenvalue weighted by atomic mass is 79.9. The SMILES string of the molecule is N#C/C(=C\c1ccc(OCc2ccc(Br)cc2)c(Br)c1)C(=O)NCC1CCCO1. The van der Waals surface area contributed by atoms with E-state index in [0.29, 0.717) is 18.9 Å². The Balaban J connectivity index is 1.61. The van der Waals surface area contributed by atoms with Crippen molar-refractivity contribution in [3.8, 4) is 11.8 Å². The molecule has 0 aliphatic carbocycles. The van der Waals surface area contributed by atoms with Crippen molar-refractivity contribution in [3.05, 3.63) is 68.1 Å². The number of amides is 1. The molecule has 0 saturated carbocycles. The predicted molar refractivity (Wildman–Crippen MR) is 118 cm³/mol. The first kappa shape index (κ1) is 21.6. The average Bonchev–Trinajstić information content (AvgIpc) is 3.24. The highest BCUT2D eigenvalue weighted by Gasteiger charge is 2.17. The zero-order valence-corrected chi connectivity index (χ0v) is 18.8. The van der Waals surface area contributed by atoms with Gasteiger partial charge >= 0.3 is 0 Å². The number of rotatable bonds is 7. The van der Waals surface area contributed by atoms with Crippen molar-refractivity contribution in [3.63, 3.8) is 0 Å². The smallest absolute Gasteiger partial charge is 0.262 e. The third-order valence-corrected chi connectivity index (χ3v) is 5.60. The van der Waals surface area contributed by atoms with Crippen LogP contribution in [0.2, 0.25) is 0 Å². The topological polar surface area (TPSA) is 71.3 Å². The molecular weight excluding hydrogens is 500 g/mol. The zero-order valence-electron chi connectivity index (χ0n) is 15.7. The first-order valence-corrected chi connectivity index (χ1v) is 10.8. The van der Waals surface area contributed by atoms with Gasteiger partial charge in [0.25, 0.3) is 5.91 Å². The molecule has 1 N–H and O–H groups in total. The minimum absolute atomic E-state index is 0.0372. The Morgan fingerprint density at radius 2 is 2.07 bits per heavy atom. The molecular formula is C22H20Br2N2O3. The normalized spacial score (nSPS) is 16.3. The van der Waals surface area contributed by atoms with E-state index in [0.717, 1.165) is 39.5 Å². The molecule has 0 bridgehead atoms. The summed E-state index contributed by atoms with van der Waals surface area (Å²) in [5, 5.41) is 12.1. The summed E-state index contributed by atoms with van der Waals surface area (Å²) in [5.74, 6) is 0.293. The van der Waals surface area contributed by atoms with E-state index in [2.05, 4.69) is 37.2 Å². The lowest BCUT2D eigenvalue weighted by Gasteiger charge is -2.11. The number of ether oxygens (including phenoxy) is 2. The second-order valence-corrected chi connectivity index (χ2v) is 8.39. The van der Waals surface area contributed by atoms with E-state index >= 15 is 0 Å². The van der Waals surface area contributed by atoms with E-state index in [1.165, 1.54) is 0 Å². The van der Waals surface area contributed by atoms with E-state index in [-0.39, 0.29) is 11.7 Å². The highest BCUT2D eigenvalue weighted by Crippen LogP contribution is 2.28. The van der Waals surface area contributed by atoms with Gasteiger partial charge in [0.1, 0.15) is 24.0 Å². The Bertz CT molecular complexity index is 930. The lowest BCUT2D eigenvalue weighted by atomic mass is 10.1. The quantitative estimate of drug-likeness (QED) is 0.413. The van der Waals surface area contributed by atoms with Crippen molar-refractivity contribution in [2.24, 2.45) is 0 Å². The zero-order chi connectivity index (χ0) is 20.6. The molecule has 5 nitrogen and oxygen atoms in total. The van der Waals surface area contributed by atoms with Gasteiger partial charge < -0.3 is 14.8 Å². The lowest BCUT2D eigenvalue weighted by Crippen LogP contribution is -2.32. The summed E-state index contributed by atoms with van der Waals surface area (Å²) in [6.07, 6.45) is 3.54. The molecule has 1 saturated heterocycles. The van der Waals surface area contributed by atoms with Crippen molar-refractivity contribution < 1.29 is 14.3 Å². The first-order chi connectivity index (χ1) is 14.0. The summed E-state index contributed by atoms with van der Waals surface area (Å²) < 4.78 is 13.1. The van der Waals surface area contributed by atoms with Crippen LogP contribution in [0.25, 0.3) is 6.08 Å². The van der Waals surface area contributed by atoms with Gasteiger partial charge in [0.2, 0.25) is 0 Å². The summed E-state index contributed by atoms with van der Waals surface area (Å²) >= 11 is 6.91. The van der Waals surface area contributed by atoms with Crippen LogP contribution in [0.15, 0.2) is 57.0 Å². The molecule has 150 valence electrons. The fourth-order valence-corrected chi connectivity index (χ4v) is 3.66. The van der Waals surface area contributed by atoms with E-state index in [1.807, 2.05) is 48.5 Å². The standard InChI is InChI=1S/C22H20Br2N2O3/c23-18-6-3-15(4-7-18)14-29-21-8-5-16(11-20(21)24)10-17(12-25)22(27)26-13-19-2-1-9-28-19/h3-8,10-11,19H,1-2,9,13-14H2,(H,26,27)/b17-10+. The van der Waals surface area contributed by atoms with Crippen molar-refractivity contribution in [2.75, 3.05) is 13.2 Å². The Hall–Kier alpha value is -2.14. The number of benzene rings is 2. The minimum atomic E-state index is -0.394. The van der Waals surface area contributed by atoms with Crippen LogP contribution >= 0.6 is 31.9 Å². The van der Waals surface area contributed by atoms with Crippen molar-refractivity contribution >= 4 is 43.8 Å². The molecule has 1 heterocycles. The van der Waals surface area contributed by atoms with Crippen LogP contribution in [-0.2, 0) is 16.1 Å². The fraction of sp³-hybridized carbons (Fsp3) is 0.273. The highest BCUT2D eigenvalue weighted by molar-refractivity contribution is 9.10. The number of nitriles is 1. The second kappa shape index (κ2) is 10.6. The number of hydrogen-bond acceptors (Lipinski definition) is 4. The molecule has 1 amide bonds. The Morgan fingerprint density at radius 1 is 1.28 bits per heavy atom. The first-order valence-electron chi connectivity index (χ1n) is 9.23. The van der Waals surface area contributed by atoms with E-state index < -0.39 is 5.91 Å². The van der Waals surface area contributed by atoms with Gasteiger partial charge in [-0.05, 0) is 70.2 Å². The van der Waals surface area contributed by atoms with Gasteiger partial charge in [-0.2, -0.15) is 5.26 Å². The fourth-order valence-electron chi connectivity index (χ4n) is 2.89. The maximum Gasteiger partial charge on any atom is 0.262 e. The van der Waals surface area contributed by atoms with E-state index in [1.54, 1.807) is 6.08 Å². The van der Waals surface area contributed by atoms with Crippen LogP contribution in [0.5, 0.6) is 5.75 Å². The molecule has 1 aliphatic heterocycles. The summed E-state index contributed by atoms with van der Waals surface area (Å²) in [5.41, 5.74) is 1.84. The number of carbonyl (C=O) groups is 1. The van der Waals surface area contributed by atoms with Crippen molar-refractivity contribution in [1.82, 2.24) is 5.32 Å². The Kier molecular flexibility index (Phi) is 7.87. The summed E-state index contributed by atoms with van der Waals surface area (Å²) in [7, 11) is 0. The van der Waals surface area contributed by atoms with E-state index in [4.69, 9.17) is 9.47 Å². The maximum atomic E-state index is 12.3. The van der Waals surface area contributed by atoms with Crippen LogP contribution < -0.4 is 10.1 Å². The Morgan fingerprint density at radius 3 is 2.72 bits per heavy atom. The van der Waals surface area contributed by atoms with Gasteiger partial charge in [0.05, 0.1) is 10.6 Å². The van der Waals surface area contributed by atoms with Crippen LogP contribution in [-0.4, -0.2) is 25.2 Å². The molecule has 1 unspecified atom stereocenters. The van der Waals surface area contributed by atoms with Gasteiger partial charge in [0.15, 0.2) is 0 Å². The predicted octanol–water partition coefficient (Wildman–Crippen LogP) is 4.99. The molecule has 1 aliphatic rings. The molecule has 0 spiro atoms. The van der Waals surface area contributed by atoms with Crippen molar-refractivity contribution in [2.45, 2.75) is 25.6 Å². The Labute approximate surface area is 187 Å². The average molecular weight is 520 g/mol. The van der Waals surface area contributed by atoms with Crippen molar-refractivity contribution in [1.29, 1.82) is 5.26 Å². The van der Waals surface area contributed by atoms with Crippen LogP contribution in [0.3, 0.4) is 0 Å². The molecule has 1 fully saturated rings. The van der Waals surface area contributed by atoms with Crippen LogP contribution in [0, 0.1) is 11.3 Å². The maximum absolute atomic E-state index is 12.3. The van der Waals surface area contributed by atoms with E-state index in [9.17, 15) is 10.1 Å². The molecule has 2 aromatic rings. The number of hydrogen-bond donors (Lipinski definition) is 1. The molecule has 1 atom stereocenters. The van der Waals surface area contributed by atoms with Crippen LogP contribution in [0.1, 0.15) is 24.0 Å². The summed E-state index contributed by atoms with van der Waals surface area (Å²) in [6, 6.07) is 15.3. The number of nitrogens with zero attached hydrogens (tertiary/aromatic N) is 1. The molecule has 0 radical (unpaired) electrons. The molecule has 7 heteroatoms. The largest absolute Gasteiger partial charge is 0.488 e. The number of carbonyl (C=O) groups excluding carboxylic acids is 1. The second-order valence-electron chi connectivity index (χ2n) is 6.62. The molecule has 2 aromatic carbocycles. The van der Waals surface area contributed by atoms with Gasteiger partial charge in [-0.25, -0.2) is 0 Å². The molecule has 0 aromatic heterocycles. The third kappa shape index (κ3) is 6.43. The van der Waals surface area contributed by atoms with Gasteiger partial charge in [-0.1, -0.05) is 34.1 Å². The van der Waals surface area contributed by atoms with Gasteiger partial charge in [-0.3, -0.25) is 4.79 Å². The number of halogens is 2. The molecule has 3 rings (SSSR count). The lowest BCUT2D eigenvalue weighted by molar-refractivity contribution is -0.117. The third-order valence-electron chi connectivity index (χ3n) is 4.45. The minimum Gasteiger partial charge on any atom is -0.488 e. The monoisotopic (exact) mass is 518 g/mol. The van der Waals surface area contributed by atoms with Gasteiger partial charge in [-0.15, -0.1) is 0 Å². The summed E-state index contributed by atoms with van der Waals surface area (Å²) in [4.78, 5) is 12.3. The number of nitrogens with one attached hydrogen (secondary N) is 1. The van der Waals surface area contributed by atoms with Crippen LogP contribution in [0.4, 0.5) is 0 Å². The molecule has 29 heavy (non-hydrogen) atoms. The van der Waals surface area contributed by atoms with Gasteiger partial charge in [0, 0.05) is 17.6 Å².